The van der Waals surface area contributed by atoms with Gasteiger partial charge >= 0.3 is 0 Å². The molecule has 1 atom stereocenters. The Kier molecular flexibility index (Phi) is 5.26. The standard InChI is InChI=1S/C26H27NO4/c28-24(19-13-14-21-18(16-19)10-7-15-31-21)22-23(17-8-3-1-4-9-17)27(26(30)25(22)29)20-11-5-2-6-12-20/h1,3-4,8-9,13-14,16,20,23,28H,2,5-7,10-12,15H2/b24-22-. The van der Waals surface area contributed by atoms with E-state index in [0.717, 1.165) is 61.8 Å². The number of likely N-dealkylation sites (tertiary alicyclic amines) is 1. The summed E-state index contributed by atoms with van der Waals surface area (Å²) in [5, 5.41) is 11.3. The molecule has 0 spiro atoms. The third kappa shape index (κ3) is 3.52. The Hall–Kier alpha value is -3.08. The highest BCUT2D eigenvalue weighted by atomic mass is 16.5. The molecule has 2 aromatic rings. The average molecular weight is 418 g/mol. The van der Waals surface area contributed by atoms with Crippen molar-refractivity contribution in [1.29, 1.82) is 0 Å². The predicted molar refractivity (Wildman–Crippen MR) is 118 cm³/mol. The van der Waals surface area contributed by atoms with Crippen molar-refractivity contribution in [1.82, 2.24) is 4.90 Å². The quantitative estimate of drug-likeness (QED) is 0.444. The predicted octanol–water partition coefficient (Wildman–Crippen LogP) is 4.77. The van der Waals surface area contributed by atoms with Gasteiger partial charge in [-0.25, -0.2) is 0 Å². The van der Waals surface area contributed by atoms with E-state index in [2.05, 4.69) is 0 Å². The molecule has 2 fully saturated rings. The van der Waals surface area contributed by atoms with Crippen LogP contribution in [-0.2, 0) is 16.0 Å². The van der Waals surface area contributed by atoms with Gasteiger partial charge in [-0.05, 0) is 55.0 Å². The van der Waals surface area contributed by atoms with E-state index in [9.17, 15) is 14.7 Å². The van der Waals surface area contributed by atoms with Gasteiger partial charge in [0.05, 0.1) is 18.2 Å². The number of carbonyl (C=O) groups excluding carboxylic acids is 2. The van der Waals surface area contributed by atoms with Crippen LogP contribution in [0, 0.1) is 0 Å². The van der Waals surface area contributed by atoms with Gasteiger partial charge in [-0.15, -0.1) is 0 Å². The van der Waals surface area contributed by atoms with Gasteiger partial charge in [0.25, 0.3) is 11.7 Å². The number of Topliss-reactive ketones (excluding diaryl/α,β-unsaturated/α-hetero) is 1. The molecule has 1 N–H and O–H groups in total. The van der Waals surface area contributed by atoms with Crippen LogP contribution in [0.3, 0.4) is 0 Å². The van der Waals surface area contributed by atoms with E-state index < -0.39 is 17.7 Å². The summed E-state index contributed by atoms with van der Waals surface area (Å²) in [4.78, 5) is 28.1. The van der Waals surface area contributed by atoms with E-state index in [4.69, 9.17) is 4.74 Å². The Bertz CT molecular complexity index is 1040. The Morgan fingerprint density at radius 3 is 2.52 bits per heavy atom. The van der Waals surface area contributed by atoms with Crippen LogP contribution in [0.4, 0.5) is 0 Å². The second-order valence-corrected chi connectivity index (χ2v) is 8.68. The van der Waals surface area contributed by atoms with Crippen molar-refractivity contribution < 1.29 is 19.4 Å². The number of ether oxygens (including phenoxy) is 1. The van der Waals surface area contributed by atoms with Gasteiger partial charge in [0.2, 0.25) is 0 Å². The summed E-state index contributed by atoms with van der Waals surface area (Å²) in [6, 6.07) is 14.6. The van der Waals surface area contributed by atoms with E-state index in [-0.39, 0.29) is 17.4 Å². The first kappa shape index (κ1) is 19.9. The van der Waals surface area contributed by atoms with Crippen LogP contribution in [0.15, 0.2) is 54.1 Å². The molecule has 1 saturated carbocycles. The second-order valence-electron chi connectivity index (χ2n) is 8.68. The third-order valence-electron chi connectivity index (χ3n) is 6.75. The number of hydrogen-bond donors (Lipinski definition) is 1. The molecule has 5 heteroatoms. The summed E-state index contributed by atoms with van der Waals surface area (Å²) in [6.45, 7) is 0.693. The van der Waals surface area contributed by atoms with Crippen LogP contribution in [0.1, 0.15) is 61.3 Å². The van der Waals surface area contributed by atoms with Gasteiger partial charge < -0.3 is 14.7 Å². The summed E-state index contributed by atoms with van der Waals surface area (Å²) in [6.07, 6.45) is 6.86. The van der Waals surface area contributed by atoms with Gasteiger partial charge in [-0.3, -0.25) is 9.59 Å². The molecule has 1 aliphatic carbocycles. The smallest absolute Gasteiger partial charge is 0.295 e. The highest BCUT2D eigenvalue weighted by molar-refractivity contribution is 6.46. The van der Waals surface area contributed by atoms with Crippen molar-refractivity contribution in [3.8, 4) is 5.75 Å². The molecule has 5 rings (SSSR count). The molecule has 1 unspecified atom stereocenters. The first-order chi connectivity index (χ1) is 15.1. The summed E-state index contributed by atoms with van der Waals surface area (Å²) in [5.41, 5.74) is 2.63. The lowest BCUT2D eigenvalue weighted by Crippen LogP contribution is -2.40. The van der Waals surface area contributed by atoms with Gasteiger partial charge in [-0.2, -0.15) is 0 Å². The minimum Gasteiger partial charge on any atom is -0.507 e. The number of ketones is 1. The van der Waals surface area contributed by atoms with Crippen LogP contribution in [-0.4, -0.2) is 34.3 Å². The van der Waals surface area contributed by atoms with Crippen LogP contribution in [0.25, 0.3) is 5.76 Å². The molecule has 0 bridgehead atoms. The SMILES string of the molecule is O=C1C(=O)N(C2CCCCC2)C(c2ccccc2)/C1=C(/O)c1ccc2c(c1)CCCO2. The number of aliphatic hydroxyl groups is 1. The van der Waals surface area contributed by atoms with E-state index in [0.29, 0.717) is 12.2 Å². The van der Waals surface area contributed by atoms with E-state index in [1.165, 1.54) is 0 Å². The van der Waals surface area contributed by atoms with E-state index in [1.807, 2.05) is 42.5 Å². The molecule has 3 aliphatic rings. The maximum Gasteiger partial charge on any atom is 0.295 e. The molecule has 160 valence electrons. The van der Waals surface area contributed by atoms with Crippen LogP contribution in [0.2, 0.25) is 0 Å². The largest absolute Gasteiger partial charge is 0.507 e. The number of benzene rings is 2. The molecule has 2 heterocycles. The fourth-order valence-electron chi connectivity index (χ4n) is 5.21. The Balaban J connectivity index is 1.63. The van der Waals surface area contributed by atoms with Crippen molar-refractivity contribution in [2.24, 2.45) is 0 Å². The number of rotatable bonds is 3. The van der Waals surface area contributed by atoms with Crippen molar-refractivity contribution in [2.45, 2.75) is 57.0 Å². The fourth-order valence-corrected chi connectivity index (χ4v) is 5.21. The van der Waals surface area contributed by atoms with Gasteiger partial charge in [0.15, 0.2) is 0 Å². The number of aliphatic hydroxyl groups excluding tert-OH is 1. The highest BCUT2D eigenvalue weighted by Crippen LogP contribution is 2.43. The zero-order chi connectivity index (χ0) is 21.4. The number of hydrogen-bond acceptors (Lipinski definition) is 4. The van der Waals surface area contributed by atoms with Crippen LogP contribution < -0.4 is 4.74 Å². The van der Waals surface area contributed by atoms with Crippen LogP contribution >= 0.6 is 0 Å². The number of nitrogens with zero attached hydrogens (tertiary/aromatic N) is 1. The zero-order valence-corrected chi connectivity index (χ0v) is 17.5. The maximum atomic E-state index is 13.2. The summed E-state index contributed by atoms with van der Waals surface area (Å²) < 4.78 is 5.68. The zero-order valence-electron chi connectivity index (χ0n) is 17.5. The Labute approximate surface area is 182 Å². The monoisotopic (exact) mass is 417 g/mol. The first-order valence-corrected chi connectivity index (χ1v) is 11.3. The molecule has 0 aromatic heterocycles. The summed E-state index contributed by atoms with van der Waals surface area (Å²) in [7, 11) is 0. The molecule has 1 amide bonds. The molecular weight excluding hydrogens is 390 g/mol. The maximum absolute atomic E-state index is 13.2. The van der Waals surface area contributed by atoms with Gasteiger partial charge in [0.1, 0.15) is 11.5 Å². The van der Waals surface area contributed by atoms with Crippen LogP contribution in [0.5, 0.6) is 5.75 Å². The highest BCUT2D eigenvalue weighted by Gasteiger charge is 2.48. The van der Waals surface area contributed by atoms with Crippen molar-refractivity contribution in [3.05, 3.63) is 70.8 Å². The minimum absolute atomic E-state index is 0.0256. The molecular formula is C26H27NO4. The molecule has 2 aliphatic heterocycles. The third-order valence-corrected chi connectivity index (χ3v) is 6.75. The van der Waals surface area contributed by atoms with E-state index >= 15 is 0 Å². The molecule has 5 nitrogen and oxygen atoms in total. The number of fused-ring (bicyclic) bond motifs is 1. The first-order valence-electron chi connectivity index (χ1n) is 11.3. The lowest BCUT2D eigenvalue weighted by atomic mass is 9.90. The number of amides is 1. The van der Waals surface area contributed by atoms with E-state index in [1.54, 1.807) is 11.0 Å². The minimum atomic E-state index is -0.592. The van der Waals surface area contributed by atoms with Crippen molar-refractivity contribution in [3.63, 3.8) is 0 Å². The molecule has 2 aromatic carbocycles. The number of carbonyl (C=O) groups is 2. The van der Waals surface area contributed by atoms with Gasteiger partial charge in [0, 0.05) is 11.6 Å². The lowest BCUT2D eigenvalue weighted by Gasteiger charge is -2.35. The van der Waals surface area contributed by atoms with Crippen molar-refractivity contribution in [2.75, 3.05) is 6.61 Å². The lowest BCUT2D eigenvalue weighted by molar-refractivity contribution is -0.141. The Morgan fingerprint density at radius 1 is 0.968 bits per heavy atom. The topological polar surface area (TPSA) is 66.8 Å². The van der Waals surface area contributed by atoms with Crippen molar-refractivity contribution >= 4 is 17.4 Å². The normalized spacial score (nSPS) is 23.5. The van der Waals surface area contributed by atoms with Gasteiger partial charge in [-0.1, -0.05) is 49.6 Å². The summed E-state index contributed by atoms with van der Waals surface area (Å²) >= 11 is 0. The molecule has 0 radical (unpaired) electrons. The molecule has 31 heavy (non-hydrogen) atoms. The fraction of sp³-hybridized carbons (Fsp3) is 0.385. The number of aryl methyl sites for hydroxylation is 1. The second kappa shape index (κ2) is 8.22. The molecule has 1 saturated heterocycles. The summed E-state index contributed by atoms with van der Waals surface area (Å²) in [5.74, 6) is -0.363. The average Bonchev–Trinajstić information content (AvgIpc) is 3.10. The Morgan fingerprint density at radius 2 is 1.74 bits per heavy atom.